The highest BCUT2D eigenvalue weighted by Crippen LogP contribution is 2.20. The summed E-state index contributed by atoms with van der Waals surface area (Å²) in [4.78, 5) is 2.25. The van der Waals surface area contributed by atoms with Gasteiger partial charge in [-0.3, -0.25) is 4.90 Å². The van der Waals surface area contributed by atoms with E-state index in [1.54, 1.807) is 0 Å². The van der Waals surface area contributed by atoms with Crippen molar-refractivity contribution in [3.8, 4) is 0 Å². The average molecular weight is 201 g/mol. The first kappa shape index (κ1) is 13.9. The van der Waals surface area contributed by atoms with E-state index in [1.807, 2.05) is 0 Å². The minimum Gasteiger partial charge on any atom is -0.360 e. The summed E-state index contributed by atoms with van der Waals surface area (Å²) < 4.78 is 5.90. The summed E-state index contributed by atoms with van der Waals surface area (Å²) in [7, 11) is 2.12. The molecule has 0 saturated heterocycles. The van der Waals surface area contributed by atoms with Crippen LogP contribution < -0.4 is 0 Å². The van der Waals surface area contributed by atoms with Crippen molar-refractivity contribution in [2.45, 2.75) is 59.6 Å². The fraction of sp³-hybridized carbons (Fsp3) is 1.00. The number of ether oxygens (including phenoxy) is 1. The highest BCUT2D eigenvalue weighted by Gasteiger charge is 2.23. The lowest BCUT2D eigenvalue weighted by atomic mass is 9.95. The van der Waals surface area contributed by atoms with Crippen molar-refractivity contribution in [1.82, 2.24) is 4.90 Å². The molecule has 0 saturated carbocycles. The first-order chi connectivity index (χ1) is 6.31. The standard InChI is InChI=1S/C12H27NO/c1-8-11(4)13(7)9-14-12(5,6)10(2)3/h10-11H,8-9H2,1-7H3. The number of rotatable bonds is 6. The molecule has 86 valence electrons. The van der Waals surface area contributed by atoms with Crippen LogP contribution in [0.25, 0.3) is 0 Å². The van der Waals surface area contributed by atoms with Gasteiger partial charge in [0.1, 0.15) is 0 Å². The molecule has 0 amide bonds. The lowest BCUT2D eigenvalue weighted by Gasteiger charge is -2.33. The molecule has 0 aliphatic rings. The number of hydrogen-bond acceptors (Lipinski definition) is 2. The van der Waals surface area contributed by atoms with Crippen LogP contribution in [0.2, 0.25) is 0 Å². The molecule has 14 heavy (non-hydrogen) atoms. The van der Waals surface area contributed by atoms with Crippen LogP contribution in [0.1, 0.15) is 48.0 Å². The Bertz CT molecular complexity index is 154. The Kier molecular flexibility index (Phi) is 5.68. The molecule has 0 heterocycles. The van der Waals surface area contributed by atoms with Gasteiger partial charge in [0.15, 0.2) is 0 Å². The molecule has 2 nitrogen and oxygen atoms in total. The molecule has 0 bridgehead atoms. The first-order valence-electron chi connectivity index (χ1n) is 5.65. The van der Waals surface area contributed by atoms with Crippen LogP contribution in [0.4, 0.5) is 0 Å². The zero-order valence-corrected chi connectivity index (χ0v) is 10.9. The first-order valence-corrected chi connectivity index (χ1v) is 5.65. The van der Waals surface area contributed by atoms with E-state index in [9.17, 15) is 0 Å². The SMILES string of the molecule is CCC(C)N(C)COC(C)(C)C(C)C. The zero-order valence-electron chi connectivity index (χ0n) is 10.9. The molecule has 1 unspecified atom stereocenters. The smallest absolute Gasteiger partial charge is 0.0997 e. The molecule has 2 heteroatoms. The molecule has 0 spiro atoms. The fourth-order valence-corrected chi connectivity index (χ4v) is 0.874. The Balaban J connectivity index is 3.93. The molecule has 0 aliphatic carbocycles. The van der Waals surface area contributed by atoms with Gasteiger partial charge in [0, 0.05) is 6.04 Å². The van der Waals surface area contributed by atoms with Crippen molar-refractivity contribution in [2.24, 2.45) is 5.92 Å². The van der Waals surface area contributed by atoms with Crippen molar-refractivity contribution in [3.63, 3.8) is 0 Å². The van der Waals surface area contributed by atoms with Crippen molar-refractivity contribution >= 4 is 0 Å². The van der Waals surface area contributed by atoms with E-state index < -0.39 is 0 Å². The molecular formula is C12H27NO. The maximum atomic E-state index is 5.90. The second-order valence-corrected chi connectivity index (χ2v) is 5.05. The molecule has 0 radical (unpaired) electrons. The van der Waals surface area contributed by atoms with Crippen LogP contribution in [-0.2, 0) is 4.74 Å². The topological polar surface area (TPSA) is 12.5 Å². The number of nitrogens with zero attached hydrogens (tertiary/aromatic N) is 1. The molecule has 0 aromatic heterocycles. The van der Waals surface area contributed by atoms with E-state index in [0.29, 0.717) is 12.0 Å². The normalized spacial score (nSPS) is 15.2. The van der Waals surface area contributed by atoms with Gasteiger partial charge in [-0.15, -0.1) is 0 Å². The Labute approximate surface area is 89.6 Å². The van der Waals surface area contributed by atoms with Crippen LogP contribution in [0.15, 0.2) is 0 Å². The summed E-state index contributed by atoms with van der Waals surface area (Å²) in [5, 5.41) is 0. The quantitative estimate of drug-likeness (QED) is 0.612. The van der Waals surface area contributed by atoms with Gasteiger partial charge in [0.2, 0.25) is 0 Å². The molecule has 0 aromatic carbocycles. The zero-order chi connectivity index (χ0) is 11.4. The highest BCUT2D eigenvalue weighted by atomic mass is 16.5. The van der Waals surface area contributed by atoms with Crippen LogP contribution in [0.3, 0.4) is 0 Å². The third kappa shape index (κ3) is 4.43. The van der Waals surface area contributed by atoms with E-state index in [2.05, 4.69) is 53.5 Å². The molecule has 0 rings (SSSR count). The molecule has 0 aliphatic heterocycles. The van der Waals surface area contributed by atoms with Gasteiger partial charge in [0.25, 0.3) is 0 Å². The highest BCUT2D eigenvalue weighted by molar-refractivity contribution is 4.72. The van der Waals surface area contributed by atoms with Gasteiger partial charge in [-0.2, -0.15) is 0 Å². The second kappa shape index (κ2) is 5.72. The minimum atomic E-state index is -0.0261. The summed E-state index contributed by atoms with van der Waals surface area (Å²) in [5.74, 6) is 0.549. The van der Waals surface area contributed by atoms with E-state index in [-0.39, 0.29) is 5.60 Å². The van der Waals surface area contributed by atoms with Gasteiger partial charge >= 0.3 is 0 Å². The van der Waals surface area contributed by atoms with Crippen LogP contribution in [0, 0.1) is 5.92 Å². The van der Waals surface area contributed by atoms with Crippen LogP contribution in [0.5, 0.6) is 0 Å². The molecule has 0 fully saturated rings. The maximum Gasteiger partial charge on any atom is 0.0997 e. The summed E-state index contributed by atoms with van der Waals surface area (Å²) in [6.07, 6.45) is 1.17. The molecule has 0 N–H and O–H groups in total. The number of hydrogen-bond donors (Lipinski definition) is 0. The van der Waals surface area contributed by atoms with Crippen molar-refractivity contribution in [2.75, 3.05) is 13.8 Å². The van der Waals surface area contributed by atoms with E-state index in [0.717, 1.165) is 6.73 Å². The van der Waals surface area contributed by atoms with Crippen LogP contribution in [-0.4, -0.2) is 30.3 Å². The Morgan fingerprint density at radius 2 is 1.71 bits per heavy atom. The van der Waals surface area contributed by atoms with Crippen molar-refractivity contribution < 1.29 is 4.74 Å². The maximum absolute atomic E-state index is 5.90. The monoisotopic (exact) mass is 201 g/mol. The van der Waals surface area contributed by atoms with Crippen molar-refractivity contribution in [3.05, 3.63) is 0 Å². The van der Waals surface area contributed by atoms with Gasteiger partial charge in [-0.25, -0.2) is 0 Å². The Hall–Kier alpha value is -0.0800. The molecular weight excluding hydrogens is 174 g/mol. The van der Waals surface area contributed by atoms with E-state index in [1.165, 1.54) is 6.42 Å². The van der Waals surface area contributed by atoms with Gasteiger partial charge in [0.05, 0.1) is 12.3 Å². The van der Waals surface area contributed by atoms with E-state index in [4.69, 9.17) is 4.74 Å². The Morgan fingerprint density at radius 1 is 1.21 bits per heavy atom. The fourth-order valence-electron chi connectivity index (χ4n) is 0.874. The largest absolute Gasteiger partial charge is 0.360 e. The Morgan fingerprint density at radius 3 is 2.07 bits per heavy atom. The van der Waals surface area contributed by atoms with Gasteiger partial charge < -0.3 is 4.74 Å². The predicted octanol–water partition coefficient (Wildman–Crippen LogP) is 3.13. The predicted molar refractivity (Wildman–Crippen MR) is 62.4 cm³/mol. The molecule has 1 atom stereocenters. The second-order valence-electron chi connectivity index (χ2n) is 5.05. The third-order valence-corrected chi connectivity index (χ3v) is 3.37. The average Bonchev–Trinajstić information content (AvgIpc) is 2.12. The minimum absolute atomic E-state index is 0.0261. The summed E-state index contributed by atoms with van der Waals surface area (Å²) in [5.41, 5.74) is -0.0261. The van der Waals surface area contributed by atoms with Crippen molar-refractivity contribution in [1.29, 1.82) is 0 Å². The summed E-state index contributed by atoms with van der Waals surface area (Å²) in [6.45, 7) is 13.9. The van der Waals surface area contributed by atoms with Crippen LogP contribution >= 0.6 is 0 Å². The van der Waals surface area contributed by atoms with Gasteiger partial charge in [-0.05, 0) is 40.2 Å². The lowest BCUT2D eigenvalue weighted by molar-refractivity contribution is -0.0991. The van der Waals surface area contributed by atoms with E-state index >= 15 is 0 Å². The summed E-state index contributed by atoms with van der Waals surface area (Å²) in [6, 6.07) is 0.595. The van der Waals surface area contributed by atoms with Gasteiger partial charge in [-0.1, -0.05) is 20.8 Å². The third-order valence-electron chi connectivity index (χ3n) is 3.37. The molecule has 0 aromatic rings. The summed E-state index contributed by atoms with van der Waals surface area (Å²) >= 11 is 0. The lowest BCUT2D eigenvalue weighted by Crippen LogP contribution is -2.38.